The number of amides is 1. The van der Waals surface area contributed by atoms with Crippen molar-refractivity contribution in [3.63, 3.8) is 0 Å². The smallest absolute Gasteiger partial charge is 0.289 e. The highest BCUT2D eigenvalue weighted by atomic mass is 16.4. The zero-order chi connectivity index (χ0) is 18.6. The molecule has 1 aliphatic heterocycles. The Hall–Kier alpha value is -3.20. The Morgan fingerprint density at radius 3 is 2.85 bits per heavy atom. The van der Waals surface area contributed by atoms with Crippen LogP contribution >= 0.6 is 0 Å². The molecule has 1 amide bonds. The maximum Gasteiger partial charge on any atom is 0.289 e. The molecule has 2 atom stereocenters. The van der Waals surface area contributed by atoms with Crippen LogP contribution in [0.25, 0.3) is 0 Å². The summed E-state index contributed by atoms with van der Waals surface area (Å²) in [4.78, 5) is 22.5. The molecule has 1 saturated heterocycles. The molecule has 0 bridgehead atoms. The van der Waals surface area contributed by atoms with E-state index >= 15 is 0 Å². The van der Waals surface area contributed by atoms with Crippen LogP contribution in [0.1, 0.15) is 22.7 Å². The van der Waals surface area contributed by atoms with Crippen LogP contribution in [0.4, 0.5) is 5.95 Å². The first-order chi connectivity index (χ1) is 13.2. The number of aliphatic hydroxyl groups is 1. The summed E-state index contributed by atoms with van der Waals surface area (Å²) in [5, 5.41) is 17.7. The summed E-state index contributed by atoms with van der Waals surface area (Å²) in [6.45, 7) is 1.19. The molecule has 3 aromatic rings. The number of aromatic nitrogens is 4. The third-order valence-corrected chi connectivity index (χ3v) is 4.50. The predicted octanol–water partition coefficient (Wildman–Crippen LogP) is 1.00. The number of nitrogens with one attached hydrogen (secondary N) is 1. The van der Waals surface area contributed by atoms with Gasteiger partial charge in [0.25, 0.3) is 5.91 Å². The Morgan fingerprint density at radius 2 is 2.11 bits per heavy atom. The van der Waals surface area contributed by atoms with Gasteiger partial charge in [-0.05, 0) is 30.7 Å². The number of rotatable bonds is 5. The van der Waals surface area contributed by atoms with Gasteiger partial charge in [0.2, 0.25) is 5.95 Å². The summed E-state index contributed by atoms with van der Waals surface area (Å²) in [7, 11) is 0. The maximum absolute atomic E-state index is 12.7. The van der Waals surface area contributed by atoms with Gasteiger partial charge in [-0.25, -0.2) is 9.97 Å². The second-order valence-corrected chi connectivity index (χ2v) is 6.40. The topological polar surface area (TPSA) is 109 Å². The average Bonchev–Trinajstić information content (AvgIpc) is 3.36. The molecular formula is C18H20N6O3. The second-order valence-electron chi connectivity index (χ2n) is 6.40. The zero-order valence-electron chi connectivity index (χ0n) is 14.6. The highest BCUT2D eigenvalue weighted by molar-refractivity contribution is 5.91. The number of piperidine rings is 1. The highest BCUT2D eigenvalue weighted by Crippen LogP contribution is 2.18. The minimum absolute atomic E-state index is 0.205. The zero-order valence-corrected chi connectivity index (χ0v) is 14.6. The van der Waals surface area contributed by atoms with Gasteiger partial charge in [0.05, 0.1) is 18.7 Å². The van der Waals surface area contributed by atoms with Crippen molar-refractivity contribution >= 4 is 11.9 Å². The summed E-state index contributed by atoms with van der Waals surface area (Å²) in [6, 6.07) is 6.78. The number of carbonyl (C=O) groups excluding carboxylic acids is 1. The van der Waals surface area contributed by atoms with E-state index in [0.29, 0.717) is 31.2 Å². The number of anilines is 1. The van der Waals surface area contributed by atoms with E-state index in [1.165, 1.54) is 0 Å². The fourth-order valence-electron chi connectivity index (χ4n) is 3.11. The molecule has 0 unspecified atom stereocenters. The van der Waals surface area contributed by atoms with Gasteiger partial charge in [0.1, 0.15) is 5.76 Å². The molecule has 9 heteroatoms. The van der Waals surface area contributed by atoms with Crippen molar-refractivity contribution in [2.75, 3.05) is 18.4 Å². The molecule has 0 spiro atoms. The number of aliphatic hydroxyl groups excluding tert-OH is 1. The summed E-state index contributed by atoms with van der Waals surface area (Å²) in [5.74, 6) is 1.16. The SMILES string of the molecule is O=C(c1ccc(Cn2cccn2)o1)N1CC[C@@H](Nc2ncccn2)[C@H](O)C1. The van der Waals surface area contributed by atoms with Crippen LogP contribution in [0.5, 0.6) is 0 Å². The molecule has 3 aromatic heterocycles. The van der Waals surface area contributed by atoms with Crippen LogP contribution in [0.3, 0.4) is 0 Å². The standard InChI is InChI=1S/C18H20N6O3/c25-15-12-23(10-5-14(15)22-18-19-6-1-7-20-18)17(26)16-4-3-13(27-16)11-24-9-2-8-21-24/h1-4,6-9,14-15,25H,5,10-12H2,(H,19,20,22)/t14-,15-/m1/s1. The minimum atomic E-state index is -0.718. The van der Waals surface area contributed by atoms with Crippen LogP contribution in [0.2, 0.25) is 0 Å². The molecule has 0 aliphatic carbocycles. The number of β-amino-alcohol motifs (C(OH)–C–C–N with tert-alkyl or cyclic N) is 1. The Morgan fingerprint density at radius 1 is 1.26 bits per heavy atom. The Bertz CT molecular complexity index is 880. The number of likely N-dealkylation sites (tertiary alicyclic amines) is 1. The maximum atomic E-state index is 12.7. The van der Waals surface area contributed by atoms with Crippen LogP contribution in [0, 0.1) is 0 Å². The molecule has 27 heavy (non-hydrogen) atoms. The summed E-state index contributed by atoms with van der Waals surface area (Å²) >= 11 is 0. The van der Waals surface area contributed by atoms with E-state index in [2.05, 4.69) is 20.4 Å². The molecule has 0 radical (unpaired) electrons. The fraction of sp³-hybridized carbons (Fsp3) is 0.333. The molecule has 0 saturated carbocycles. The van der Waals surface area contributed by atoms with E-state index in [-0.39, 0.29) is 24.3 Å². The highest BCUT2D eigenvalue weighted by Gasteiger charge is 2.32. The van der Waals surface area contributed by atoms with Crippen molar-refractivity contribution in [2.24, 2.45) is 0 Å². The Kier molecular flexibility index (Phi) is 4.84. The van der Waals surface area contributed by atoms with E-state index in [0.717, 1.165) is 0 Å². The van der Waals surface area contributed by atoms with E-state index < -0.39 is 6.10 Å². The molecule has 140 valence electrons. The van der Waals surface area contributed by atoms with Crippen LogP contribution in [-0.2, 0) is 6.54 Å². The van der Waals surface area contributed by atoms with E-state index in [9.17, 15) is 9.90 Å². The first-order valence-corrected chi connectivity index (χ1v) is 8.76. The monoisotopic (exact) mass is 368 g/mol. The lowest BCUT2D eigenvalue weighted by Crippen LogP contribution is -2.51. The van der Waals surface area contributed by atoms with Crippen molar-refractivity contribution in [1.82, 2.24) is 24.6 Å². The quantitative estimate of drug-likeness (QED) is 0.691. The van der Waals surface area contributed by atoms with Gasteiger partial charge in [0, 0.05) is 37.9 Å². The molecule has 9 nitrogen and oxygen atoms in total. The third-order valence-electron chi connectivity index (χ3n) is 4.50. The van der Waals surface area contributed by atoms with Crippen molar-refractivity contribution in [1.29, 1.82) is 0 Å². The average molecular weight is 368 g/mol. The number of hydrogen-bond acceptors (Lipinski definition) is 7. The van der Waals surface area contributed by atoms with Gasteiger partial charge in [-0.3, -0.25) is 9.48 Å². The number of nitrogens with zero attached hydrogens (tertiary/aromatic N) is 5. The summed E-state index contributed by atoms with van der Waals surface area (Å²) < 4.78 is 7.38. The lowest BCUT2D eigenvalue weighted by Gasteiger charge is -2.35. The summed E-state index contributed by atoms with van der Waals surface area (Å²) in [5.41, 5.74) is 0. The van der Waals surface area contributed by atoms with Crippen molar-refractivity contribution in [3.05, 3.63) is 60.6 Å². The van der Waals surface area contributed by atoms with Crippen molar-refractivity contribution in [3.8, 4) is 0 Å². The fourth-order valence-corrected chi connectivity index (χ4v) is 3.11. The molecule has 4 heterocycles. The van der Waals surface area contributed by atoms with Gasteiger partial charge in [-0.15, -0.1) is 0 Å². The minimum Gasteiger partial charge on any atom is -0.454 e. The van der Waals surface area contributed by atoms with Gasteiger partial charge >= 0.3 is 0 Å². The third kappa shape index (κ3) is 3.98. The van der Waals surface area contributed by atoms with Crippen molar-refractivity contribution < 1.29 is 14.3 Å². The van der Waals surface area contributed by atoms with E-state index in [1.807, 2.05) is 12.3 Å². The Labute approximate surface area is 155 Å². The lowest BCUT2D eigenvalue weighted by molar-refractivity contribution is 0.0400. The van der Waals surface area contributed by atoms with E-state index in [1.54, 1.807) is 46.4 Å². The first-order valence-electron chi connectivity index (χ1n) is 8.76. The van der Waals surface area contributed by atoms with Gasteiger partial charge in [-0.2, -0.15) is 5.10 Å². The number of furan rings is 1. The van der Waals surface area contributed by atoms with Gasteiger partial charge in [-0.1, -0.05) is 0 Å². The second kappa shape index (κ2) is 7.58. The predicted molar refractivity (Wildman–Crippen MR) is 96.0 cm³/mol. The molecule has 1 aliphatic rings. The van der Waals surface area contributed by atoms with Crippen molar-refractivity contribution in [2.45, 2.75) is 25.1 Å². The molecule has 2 N–H and O–H groups in total. The van der Waals surface area contributed by atoms with Crippen LogP contribution in [-0.4, -0.2) is 60.9 Å². The molecule has 4 rings (SSSR count). The first kappa shape index (κ1) is 17.2. The van der Waals surface area contributed by atoms with Crippen LogP contribution in [0.15, 0.2) is 53.5 Å². The normalized spacial score (nSPS) is 19.8. The lowest BCUT2D eigenvalue weighted by atomic mass is 10.0. The molecular weight excluding hydrogens is 348 g/mol. The molecule has 1 fully saturated rings. The van der Waals surface area contributed by atoms with Gasteiger partial charge < -0.3 is 19.7 Å². The van der Waals surface area contributed by atoms with Gasteiger partial charge in [0.15, 0.2) is 5.76 Å². The summed E-state index contributed by atoms with van der Waals surface area (Å²) in [6.07, 6.45) is 6.66. The number of carbonyl (C=O) groups is 1. The number of hydrogen-bond donors (Lipinski definition) is 2. The van der Waals surface area contributed by atoms with E-state index in [4.69, 9.17) is 4.42 Å². The Balaban J connectivity index is 1.36. The molecule has 0 aromatic carbocycles. The van der Waals surface area contributed by atoms with Crippen LogP contribution < -0.4 is 5.32 Å². The largest absolute Gasteiger partial charge is 0.454 e.